The van der Waals surface area contributed by atoms with Crippen LogP contribution in [0.15, 0.2) is 47.1 Å². The highest BCUT2D eigenvalue weighted by atomic mass is 32.2. The summed E-state index contributed by atoms with van der Waals surface area (Å²) < 4.78 is 56.8. The van der Waals surface area contributed by atoms with Gasteiger partial charge in [-0.05, 0) is 37.5 Å². The Morgan fingerprint density at radius 2 is 1.77 bits per heavy atom. The topological polar surface area (TPSA) is 84.7 Å². The maximum absolute atomic E-state index is 12.6. The normalized spacial score (nSPS) is 17.4. The van der Waals surface area contributed by atoms with Gasteiger partial charge in [-0.3, -0.25) is 0 Å². The second-order valence-electron chi connectivity index (χ2n) is 6.73. The fraction of sp³-hybridized carbons (Fsp3) is 0.444. The first-order valence-corrected chi connectivity index (χ1v) is 11.9. The standard InChI is InChI=1S/C18H23NO5S2/c1-15-4-2-5-16(12-15)13-26(22,23)19-9-7-18(8-10-19)25(20,21)14-17-6-3-11-24-17/h2-6,11-12,18H,7-10,13-14H2,1H3. The Morgan fingerprint density at radius 1 is 1.04 bits per heavy atom. The summed E-state index contributed by atoms with van der Waals surface area (Å²) in [5.41, 5.74) is 1.76. The Labute approximate surface area is 154 Å². The van der Waals surface area contributed by atoms with Crippen molar-refractivity contribution >= 4 is 19.9 Å². The van der Waals surface area contributed by atoms with Crippen LogP contribution in [0.2, 0.25) is 0 Å². The predicted octanol–water partition coefficient (Wildman–Crippen LogP) is 2.50. The minimum absolute atomic E-state index is 0.0571. The third kappa shape index (κ3) is 4.55. The molecule has 2 heterocycles. The molecule has 0 unspecified atom stereocenters. The first-order chi connectivity index (χ1) is 12.3. The van der Waals surface area contributed by atoms with E-state index in [4.69, 9.17) is 4.42 Å². The van der Waals surface area contributed by atoms with Crippen molar-refractivity contribution in [2.45, 2.75) is 36.5 Å². The maximum atomic E-state index is 12.6. The average Bonchev–Trinajstić information content (AvgIpc) is 3.07. The Balaban J connectivity index is 1.62. The molecule has 3 rings (SSSR count). The zero-order valence-corrected chi connectivity index (χ0v) is 16.3. The highest BCUT2D eigenvalue weighted by Gasteiger charge is 2.34. The number of rotatable bonds is 6. The van der Waals surface area contributed by atoms with Crippen molar-refractivity contribution < 1.29 is 21.3 Å². The van der Waals surface area contributed by atoms with Gasteiger partial charge in [0.15, 0.2) is 9.84 Å². The van der Waals surface area contributed by atoms with E-state index in [0.29, 0.717) is 18.6 Å². The van der Waals surface area contributed by atoms with Crippen LogP contribution in [0.5, 0.6) is 0 Å². The van der Waals surface area contributed by atoms with Gasteiger partial charge in [-0.2, -0.15) is 0 Å². The van der Waals surface area contributed by atoms with E-state index < -0.39 is 25.1 Å². The lowest BCUT2D eigenvalue weighted by molar-refractivity contribution is 0.344. The molecule has 2 aromatic rings. The number of nitrogens with zero attached hydrogens (tertiary/aromatic N) is 1. The predicted molar refractivity (Wildman–Crippen MR) is 99.7 cm³/mol. The Morgan fingerprint density at radius 3 is 2.38 bits per heavy atom. The largest absolute Gasteiger partial charge is 0.468 e. The third-order valence-electron chi connectivity index (χ3n) is 4.66. The molecule has 0 spiro atoms. The summed E-state index contributed by atoms with van der Waals surface area (Å²) in [6.07, 6.45) is 2.08. The van der Waals surface area contributed by atoms with Gasteiger partial charge in [0.2, 0.25) is 10.0 Å². The molecular weight excluding hydrogens is 374 g/mol. The fourth-order valence-corrected chi connectivity index (χ4v) is 6.56. The summed E-state index contributed by atoms with van der Waals surface area (Å²) in [5.74, 6) is 0.221. The summed E-state index contributed by atoms with van der Waals surface area (Å²) in [6, 6.07) is 10.7. The molecule has 0 N–H and O–H groups in total. The molecule has 1 saturated heterocycles. The van der Waals surface area contributed by atoms with Gasteiger partial charge in [0, 0.05) is 13.1 Å². The lowest BCUT2D eigenvalue weighted by Gasteiger charge is -2.30. The van der Waals surface area contributed by atoms with Crippen molar-refractivity contribution in [2.75, 3.05) is 13.1 Å². The van der Waals surface area contributed by atoms with Gasteiger partial charge < -0.3 is 4.42 Å². The number of hydrogen-bond donors (Lipinski definition) is 0. The van der Waals surface area contributed by atoms with E-state index in [2.05, 4.69) is 0 Å². The summed E-state index contributed by atoms with van der Waals surface area (Å²) in [4.78, 5) is 0. The quantitative estimate of drug-likeness (QED) is 0.748. The molecule has 1 fully saturated rings. The number of benzene rings is 1. The molecule has 0 bridgehead atoms. The van der Waals surface area contributed by atoms with E-state index in [9.17, 15) is 16.8 Å². The number of aryl methyl sites for hydroxylation is 1. The van der Waals surface area contributed by atoms with Crippen LogP contribution >= 0.6 is 0 Å². The lowest BCUT2D eigenvalue weighted by Crippen LogP contribution is -2.43. The van der Waals surface area contributed by atoms with Crippen LogP contribution in [0.4, 0.5) is 0 Å². The first kappa shape index (κ1) is 19.1. The second-order valence-corrected chi connectivity index (χ2v) is 11.0. The molecule has 1 aliphatic heterocycles. The Kier molecular flexibility index (Phi) is 5.55. The summed E-state index contributed by atoms with van der Waals surface area (Å²) in [5, 5.41) is -0.530. The SMILES string of the molecule is Cc1cccc(CS(=O)(=O)N2CCC(S(=O)(=O)Cc3ccco3)CC2)c1. The Bertz CT molecular complexity index is 941. The van der Waals surface area contributed by atoms with Crippen LogP contribution in [0.3, 0.4) is 0 Å². The van der Waals surface area contributed by atoms with Crippen LogP contribution in [0.1, 0.15) is 29.7 Å². The molecule has 1 aliphatic rings. The van der Waals surface area contributed by atoms with E-state index in [1.54, 1.807) is 18.2 Å². The monoisotopic (exact) mass is 397 g/mol. The minimum atomic E-state index is -3.45. The summed E-state index contributed by atoms with van der Waals surface area (Å²) in [6.45, 7) is 2.39. The average molecular weight is 398 g/mol. The van der Waals surface area contributed by atoms with Crippen molar-refractivity contribution in [1.82, 2.24) is 4.31 Å². The van der Waals surface area contributed by atoms with Crippen molar-refractivity contribution in [1.29, 1.82) is 0 Å². The molecule has 1 aromatic heterocycles. The molecule has 0 atom stereocenters. The molecule has 8 heteroatoms. The van der Waals surface area contributed by atoms with Gasteiger partial charge in [-0.25, -0.2) is 21.1 Å². The van der Waals surface area contributed by atoms with Gasteiger partial charge in [-0.15, -0.1) is 0 Å². The Hall–Kier alpha value is -1.64. The number of piperidine rings is 1. The van der Waals surface area contributed by atoms with Crippen LogP contribution < -0.4 is 0 Å². The molecule has 6 nitrogen and oxygen atoms in total. The highest BCUT2D eigenvalue weighted by Crippen LogP contribution is 2.24. The number of hydrogen-bond acceptors (Lipinski definition) is 5. The third-order valence-corrected chi connectivity index (χ3v) is 8.68. The van der Waals surface area contributed by atoms with Gasteiger partial charge in [0.25, 0.3) is 0 Å². The van der Waals surface area contributed by atoms with E-state index >= 15 is 0 Å². The zero-order valence-electron chi connectivity index (χ0n) is 14.7. The first-order valence-electron chi connectivity index (χ1n) is 8.53. The molecule has 0 aliphatic carbocycles. The smallest absolute Gasteiger partial charge is 0.218 e. The van der Waals surface area contributed by atoms with Crippen LogP contribution in [-0.4, -0.2) is 39.5 Å². The van der Waals surface area contributed by atoms with E-state index in [-0.39, 0.29) is 24.6 Å². The van der Waals surface area contributed by atoms with Gasteiger partial charge in [0.1, 0.15) is 11.5 Å². The van der Waals surface area contributed by atoms with Crippen molar-refractivity contribution in [2.24, 2.45) is 0 Å². The fourth-order valence-electron chi connectivity index (χ4n) is 3.28. The summed E-state index contributed by atoms with van der Waals surface area (Å²) >= 11 is 0. The van der Waals surface area contributed by atoms with Crippen LogP contribution in [0, 0.1) is 6.92 Å². The van der Waals surface area contributed by atoms with Crippen molar-refractivity contribution in [3.8, 4) is 0 Å². The van der Waals surface area contributed by atoms with E-state index in [1.807, 2.05) is 25.1 Å². The van der Waals surface area contributed by atoms with Gasteiger partial charge >= 0.3 is 0 Å². The minimum Gasteiger partial charge on any atom is -0.468 e. The van der Waals surface area contributed by atoms with Crippen LogP contribution in [-0.2, 0) is 31.4 Å². The number of sulfonamides is 1. The maximum Gasteiger partial charge on any atom is 0.218 e. The molecule has 1 aromatic carbocycles. The van der Waals surface area contributed by atoms with Gasteiger partial charge in [0.05, 0.1) is 17.3 Å². The molecule has 142 valence electrons. The highest BCUT2D eigenvalue weighted by molar-refractivity contribution is 7.91. The van der Waals surface area contributed by atoms with Crippen LogP contribution in [0.25, 0.3) is 0 Å². The lowest BCUT2D eigenvalue weighted by atomic mass is 10.2. The number of sulfone groups is 1. The zero-order chi connectivity index (χ0) is 18.8. The molecule has 0 saturated carbocycles. The van der Waals surface area contributed by atoms with E-state index in [0.717, 1.165) is 11.1 Å². The molecule has 26 heavy (non-hydrogen) atoms. The van der Waals surface area contributed by atoms with Gasteiger partial charge in [-0.1, -0.05) is 29.8 Å². The summed E-state index contributed by atoms with van der Waals surface area (Å²) in [7, 11) is -6.81. The van der Waals surface area contributed by atoms with E-state index in [1.165, 1.54) is 10.6 Å². The molecule has 0 radical (unpaired) electrons. The number of furan rings is 1. The molecule has 0 amide bonds. The van der Waals surface area contributed by atoms with Crippen molar-refractivity contribution in [3.63, 3.8) is 0 Å². The second kappa shape index (κ2) is 7.54. The van der Waals surface area contributed by atoms with Crippen molar-refractivity contribution in [3.05, 3.63) is 59.5 Å². The molecular formula is C18H23NO5S2.